The zero-order valence-electron chi connectivity index (χ0n) is 28.9. The Hall–Kier alpha value is -4.75. The zero-order chi connectivity index (χ0) is 36.5. The summed E-state index contributed by atoms with van der Waals surface area (Å²) in [5.74, 6) is -0.118. The Labute approximate surface area is 310 Å². The Balaban J connectivity index is 1.15. The van der Waals surface area contributed by atoms with Crippen LogP contribution in [0.2, 0.25) is 10.0 Å². The van der Waals surface area contributed by atoms with E-state index in [1.807, 2.05) is 53.4 Å². The summed E-state index contributed by atoms with van der Waals surface area (Å²) in [6.07, 6.45) is 4.59. The van der Waals surface area contributed by atoms with E-state index < -0.39 is 11.9 Å². The summed E-state index contributed by atoms with van der Waals surface area (Å²) in [7, 11) is 3.27. The lowest BCUT2D eigenvalue weighted by Crippen LogP contribution is -2.40. The number of carboxylic acids is 1. The van der Waals surface area contributed by atoms with Crippen LogP contribution in [0.15, 0.2) is 65.6 Å². The van der Waals surface area contributed by atoms with Gasteiger partial charge in [-0.1, -0.05) is 65.7 Å². The first-order valence-corrected chi connectivity index (χ1v) is 18.0. The maximum absolute atomic E-state index is 13.5. The maximum Gasteiger partial charge on any atom is 0.307 e. The third kappa shape index (κ3) is 7.16. The van der Waals surface area contributed by atoms with Crippen LogP contribution in [0.4, 0.5) is 0 Å². The molecule has 2 atom stereocenters. The molecule has 270 valence electrons. The lowest BCUT2D eigenvalue weighted by molar-refractivity contribution is -0.143. The minimum absolute atomic E-state index is 0.0865. The van der Waals surface area contributed by atoms with Crippen molar-refractivity contribution in [2.75, 3.05) is 26.7 Å². The molecule has 2 aliphatic rings. The van der Waals surface area contributed by atoms with Gasteiger partial charge in [0.15, 0.2) is 0 Å². The summed E-state index contributed by atoms with van der Waals surface area (Å²) >= 11 is 14.2. The van der Waals surface area contributed by atoms with Crippen LogP contribution >= 0.6 is 23.2 Å². The number of halogens is 2. The number of piperidine rings is 1. The molecule has 2 fully saturated rings. The van der Waals surface area contributed by atoms with Gasteiger partial charge in [0.1, 0.15) is 11.3 Å². The van der Waals surface area contributed by atoms with Gasteiger partial charge in [0.05, 0.1) is 35.3 Å². The average Bonchev–Trinajstić information content (AvgIpc) is 3.77. The number of carboxylic acid groups (broad SMARTS) is 1. The Bertz CT molecular complexity index is 2240. The largest absolute Gasteiger partial charge is 0.481 e. The average molecular weight is 745 g/mol. The minimum Gasteiger partial charge on any atom is -0.481 e. The molecule has 0 spiro atoms. The first-order chi connectivity index (χ1) is 25.1. The van der Waals surface area contributed by atoms with Gasteiger partial charge in [-0.3, -0.25) is 23.9 Å². The summed E-state index contributed by atoms with van der Waals surface area (Å²) in [6, 6.07) is 17.2. The Morgan fingerprint density at radius 1 is 1.04 bits per heavy atom. The Kier molecular flexibility index (Phi) is 10.3. The molecule has 5 heterocycles. The molecule has 0 saturated carbocycles. The van der Waals surface area contributed by atoms with Crippen LogP contribution in [0.1, 0.15) is 37.1 Å². The lowest BCUT2D eigenvalue weighted by atomic mass is 9.97. The maximum atomic E-state index is 13.5. The number of methoxy groups -OCH3 is 1. The predicted molar refractivity (Wildman–Crippen MR) is 200 cm³/mol. The minimum atomic E-state index is -0.798. The third-order valence-electron chi connectivity index (χ3n) is 9.95. The fraction of sp³-hybridized carbons (Fsp3) is 0.342. The van der Waals surface area contributed by atoms with Crippen LogP contribution in [0.25, 0.3) is 39.0 Å². The zero-order valence-corrected chi connectivity index (χ0v) is 30.4. The highest BCUT2D eigenvalue weighted by molar-refractivity contribution is 6.39. The quantitative estimate of drug-likeness (QED) is 0.162. The lowest BCUT2D eigenvalue weighted by Gasteiger charge is -2.30. The van der Waals surface area contributed by atoms with Gasteiger partial charge in [-0.05, 0) is 37.9 Å². The molecular formula is C38H39Cl2N7O5. The highest BCUT2D eigenvalue weighted by Gasteiger charge is 2.27. The van der Waals surface area contributed by atoms with Crippen molar-refractivity contribution in [1.82, 2.24) is 34.7 Å². The van der Waals surface area contributed by atoms with Crippen LogP contribution in [0.5, 0.6) is 5.88 Å². The monoisotopic (exact) mass is 743 g/mol. The molecule has 2 saturated heterocycles. The van der Waals surface area contributed by atoms with E-state index in [1.54, 1.807) is 30.9 Å². The molecule has 0 radical (unpaired) electrons. The third-order valence-corrected chi connectivity index (χ3v) is 10.8. The van der Waals surface area contributed by atoms with Crippen molar-refractivity contribution < 1.29 is 19.4 Å². The van der Waals surface area contributed by atoms with E-state index in [1.165, 1.54) is 4.57 Å². The number of nitrogens with zero attached hydrogens (tertiary/aromatic N) is 5. The summed E-state index contributed by atoms with van der Waals surface area (Å²) in [5.41, 5.74) is 5.29. The smallest absolute Gasteiger partial charge is 0.307 e. The Morgan fingerprint density at radius 3 is 2.48 bits per heavy atom. The van der Waals surface area contributed by atoms with Crippen molar-refractivity contribution in [2.45, 2.75) is 44.8 Å². The summed E-state index contributed by atoms with van der Waals surface area (Å²) in [5, 5.41) is 21.6. The van der Waals surface area contributed by atoms with E-state index in [0.29, 0.717) is 88.7 Å². The second kappa shape index (κ2) is 15.1. The topological polar surface area (TPSA) is 143 Å². The molecule has 3 N–H and O–H groups in total. The predicted octanol–water partition coefficient (Wildman–Crippen LogP) is 5.41. The van der Waals surface area contributed by atoms with Gasteiger partial charge in [-0.15, -0.1) is 0 Å². The van der Waals surface area contributed by atoms with Crippen molar-refractivity contribution in [3.05, 3.63) is 92.6 Å². The van der Waals surface area contributed by atoms with Crippen molar-refractivity contribution in [3.8, 4) is 39.4 Å². The van der Waals surface area contributed by atoms with Gasteiger partial charge < -0.3 is 20.5 Å². The molecule has 0 unspecified atom stereocenters. The number of carbonyl (C=O) groups is 2. The summed E-state index contributed by atoms with van der Waals surface area (Å²) in [6.45, 7) is 2.72. The van der Waals surface area contributed by atoms with Crippen molar-refractivity contribution >= 4 is 40.6 Å². The number of amides is 1. The molecule has 2 aliphatic heterocycles. The van der Waals surface area contributed by atoms with Gasteiger partial charge in [-0.25, -0.2) is 9.50 Å². The number of fused-ring (bicyclic) bond motifs is 1. The fourth-order valence-corrected chi connectivity index (χ4v) is 7.76. The number of hydrogen-bond acceptors (Lipinski definition) is 8. The highest BCUT2D eigenvalue weighted by Crippen LogP contribution is 2.42. The SMILES string of the molecule is COc1nc(-c2cccc(-c3cccc(-c4cc5c(=O)n(C)c(CN6CCC[C@H](C(=O)O)C6)nn5c4)c3Cl)c2Cl)ccc1CNC[C@@H]1CCC(=O)N1. The van der Waals surface area contributed by atoms with Crippen LogP contribution < -0.4 is 20.9 Å². The molecule has 2 aromatic carbocycles. The van der Waals surface area contributed by atoms with Crippen molar-refractivity contribution in [2.24, 2.45) is 13.0 Å². The first-order valence-electron chi connectivity index (χ1n) is 17.3. The molecule has 0 aliphatic carbocycles. The number of hydrogen-bond donors (Lipinski definition) is 3. The van der Waals surface area contributed by atoms with Crippen LogP contribution in [-0.4, -0.2) is 73.8 Å². The second-order valence-electron chi connectivity index (χ2n) is 13.4. The molecule has 5 aromatic rings. The van der Waals surface area contributed by atoms with Crippen LogP contribution in [0, 0.1) is 5.92 Å². The van der Waals surface area contributed by atoms with Crippen molar-refractivity contribution in [3.63, 3.8) is 0 Å². The number of likely N-dealkylation sites (tertiary alicyclic amines) is 1. The molecule has 7 rings (SSSR count). The molecular weight excluding hydrogens is 705 g/mol. The normalized spacial score (nSPS) is 17.8. The van der Waals surface area contributed by atoms with E-state index in [9.17, 15) is 19.5 Å². The van der Waals surface area contributed by atoms with Crippen LogP contribution in [-0.2, 0) is 29.7 Å². The van der Waals surface area contributed by atoms with E-state index in [0.717, 1.165) is 36.1 Å². The standard InChI is InChI=1S/C38H39Cl2N7O5/c1-45-32(21-46-15-5-6-23(19-46)38(50)51)44-47-20-24(16-31(47)37(45)49)26-7-3-8-27(34(26)39)28-9-4-10-29(35(28)40)30-13-11-22(36(43-30)52-2)17-41-18-25-12-14-33(48)42-25/h3-4,7-11,13,16,20,23,25,41H,5-6,12,14-15,17-19,21H2,1-2H3,(H,42,48)(H,50,51)/t23-,25-/m0/s1. The fourth-order valence-electron chi connectivity index (χ4n) is 7.10. The molecule has 14 heteroatoms. The molecule has 0 bridgehead atoms. The van der Waals surface area contributed by atoms with E-state index in [-0.39, 0.29) is 17.5 Å². The number of aromatic nitrogens is 4. The number of nitrogens with one attached hydrogen (secondary N) is 2. The second-order valence-corrected chi connectivity index (χ2v) is 14.1. The molecule has 1 amide bonds. The van der Waals surface area contributed by atoms with E-state index in [4.69, 9.17) is 38.0 Å². The van der Waals surface area contributed by atoms with E-state index >= 15 is 0 Å². The summed E-state index contributed by atoms with van der Waals surface area (Å²) in [4.78, 5) is 43.4. The number of pyridine rings is 1. The van der Waals surface area contributed by atoms with Crippen LogP contribution in [0.3, 0.4) is 0 Å². The number of carbonyl (C=O) groups excluding carboxylic acids is 1. The van der Waals surface area contributed by atoms with Gasteiger partial charge >= 0.3 is 5.97 Å². The number of rotatable bonds is 11. The molecule has 52 heavy (non-hydrogen) atoms. The number of ether oxygens (including phenoxy) is 1. The molecule has 12 nitrogen and oxygen atoms in total. The van der Waals surface area contributed by atoms with Crippen molar-refractivity contribution in [1.29, 1.82) is 0 Å². The van der Waals surface area contributed by atoms with Gasteiger partial charge in [0.25, 0.3) is 5.56 Å². The highest BCUT2D eigenvalue weighted by atomic mass is 35.5. The number of aliphatic carboxylic acids is 1. The van der Waals surface area contributed by atoms with E-state index in [2.05, 4.69) is 10.6 Å². The van der Waals surface area contributed by atoms with Gasteiger partial charge in [0, 0.05) is 78.7 Å². The van der Waals surface area contributed by atoms with Gasteiger partial charge in [0.2, 0.25) is 11.8 Å². The molecule has 3 aromatic heterocycles. The number of benzene rings is 2. The Morgan fingerprint density at radius 2 is 1.77 bits per heavy atom. The van der Waals surface area contributed by atoms with Gasteiger partial charge in [-0.2, -0.15) is 5.10 Å². The summed E-state index contributed by atoms with van der Waals surface area (Å²) < 4.78 is 8.75. The first kappa shape index (κ1) is 35.6.